The Morgan fingerprint density at radius 2 is 2.00 bits per heavy atom. The van der Waals surface area contributed by atoms with Crippen molar-refractivity contribution < 1.29 is 9.59 Å². The molecule has 0 fully saturated rings. The number of benzene rings is 1. The molecule has 104 valence electrons. The molecular weight excluding hydrogens is 266 g/mol. The van der Waals surface area contributed by atoms with Crippen LogP contribution >= 0.6 is 11.6 Å². The lowest BCUT2D eigenvalue weighted by atomic mass is 10.1. The van der Waals surface area contributed by atoms with Crippen LogP contribution in [-0.4, -0.2) is 17.9 Å². The molecule has 0 aliphatic carbocycles. The van der Waals surface area contributed by atoms with E-state index in [0.717, 1.165) is 6.42 Å². The molecule has 0 heterocycles. The Kier molecular flexibility index (Phi) is 5.79. The first-order chi connectivity index (χ1) is 8.93. The van der Waals surface area contributed by atoms with Gasteiger partial charge < -0.3 is 16.4 Å². The Morgan fingerprint density at radius 1 is 1.32 bits per heavy atom. The SMILES string of the molecule is CCCC(N)C(=O)Nc1ccc(Cl)cc1NC(C)=O. The molecular formula is C13H18ClN3O2. The molecule has 0 aromatic heterocycles. The topological polar surface area (TPSA) is 84.2 Å². The molecule has 0 aliphatic heterocycles. The number of carbonyl (C=O) groups excluding carboxylic acids is 2. The van der Waals surface area contributed by atoms with Gasteiger partial charge in [-0.3, -0.25) is 9.59 Å². The Hall–Kier alpha value is -1.59. The van der Waals surface area contributed by atoms with Gasteiger partial charge in [-0.1, -0.05) is 24.9 Å². The van der Waals surface area contributed by atoms with E-state index in [2.05, 4.69) is 10.6 Å². The van der Waals surface area contributed by atoms with Crippen LogP contribution in [0.25, 0.3) is 0 Å². The van der Waals surface area contributed by atoms with Crippen molar-refractivity contribution in [1.29, 1.82) is 0 Å². The molecule has 0 aliphatic rings. The van der Waals surface area contributed by atoms with Gasteiger partial charge in [0.05, 0.1) is 17.4 Å². The van der Waals surface area contributed by atoms with Crippen molar-refractivity contribution >= 4 is 34.8 Å². The molecule has 1 atom stereocenters. The van der Waals surface area contributed by atoms with Crippen molar-refractivity contribution in [2.75, 3.05) is 10.6 Å². The second-order valence-corrected chi connectivity index (χ2v) is 4.69. The van der Waals surface area contributed by atoms with E-state index in [1.165, 1.54) is 6.92 Å². The van der Waals surface area contributed by atoms with E-state index in [4.69, 9.17) is 17.3 Å². The van der Waals surface area contributed by atoms with E-state index < -0.39 is 6.04 Å². The highest BCUT2D eigenvalue weighted by atomic mass is 35.5. The third-order valence-corrected chi connectivity index (χ3v) is 2.72. The van der Waals surface area contributed by atoms with Crippen LogP contribution < -0.4 is 16.4 Å². The fourth-order valence-electron chi connectivity index (χ4n) is 1.59. The zero-order valence-electron chi connectivity index (χ0n) is 11.0. The molecule has 2 amide bonds. The Morgan fingerprint density at radius 3 is 2.58 bits per heavy atom. The Bertz CT molecular complexity index is 477. The summed E-state index contributed by atoms with van der Waals surface area (Å²) < 4.78 is 0. The van der Waals surface area contributed by atoms with E-state index in [1.807, 2.05) is 6.92 Å². The Labute approximate surface area is 117 Å². The normalized spacial score (nSPS) is 11.8. The number of halogens is 1. The van der Waals surface area contributed by atoms with Crippen LogP contribution in [0.15, 0.2) is 18.2 Å². The van der Waals surface area contributed by atoms with Crippen LogP contribution in [0.1, 0.15) is 26.7 Å². The lowest BCUT2D eigenvalue weighted by Crippen LogP contribution is -2.35. The Balaban J connectivity index is 2.87. The molecule has 1 unspecified atom stereocenters. The predicted molar refractivity (Wildman–Crippen MR) is 77.3 cm³/mol. The third kappa shape index (κ3) is 4.89. The van der Waals surface area contributed by atoms with Gasteiger partial charge in [-0.05, 0) is 24.6 Å². The monoisotopic (exact) mass is 283 g/mol. The van der Waals surface area contributed by atoms with Gasteiger partial charge in [-0.25, -0.2) is 0 Å². The minimum Gasteiger partial charge on any atom is -0.324 e. The number of nitrogens with one attached hydrogen (secondary N) is 2. The molecule has 19 heavy (non-hydrogen) atoms. The van der Waals surface area contributed by atoms with Gasteiger partial charge >= 0.3 is 0 Å². The minimum absolute atomic E-state index is 0.240. The third-order valence-electron chi connectivity index (χ3n) is 2.49. The minimum atomic E-state index is -0.564. The first-order valence-corrected chi connectivity index (χ1v) is 6.45. The molecule has 0 bridgehead atoms. The number of anilines is 2. The van der Waals surface area contributed by atoms with Gasteiger partial charge in [0.2, 0.25) is 11.8 Å². The van der Waals surface area contributed by atoms with E-state index >= 15 is 0 Å². The highest BCUT2D eigenvalue weighted by molar-refractivity contribution is 6.31. The van der Waals surface area contributed by atoms with Gasteiger partial charge in [0.1, 0.15) is 0 Å². The van der Waals surface area contributed by atoms with Gasteiger partial charge in [-0.2, -0.15) is 0 Å². The van der Waals surface area contributed by atoms with Crippen LogP contribution in [0.2, 0.25) is 5.02 Å². The fraction of sp³-hybridized carbons (Fsp3) is 0.385. The van der Waals surface area contributed by atoms with Crippen LogP contribution in [0, 0.1) is 0 Å². The van der Waals surface area contributed by atoms with Crippen molar-refractivity contribution in [3.05, 3.63) is 23.2 Å². The molecule has 0 saturated heterocycles. The van der Waals surface area contributed by atoms with Crippen molar-refractivity contribution in [3.8, 4) is 0 Å². The number of hydrogen-bond acceptors (Lipinski definition) is 3. The van der Waals surface area contributed by atoms with Crippen molar-refractivity contribution in [2.45, 2.75) is 32.7 Å². The van der Waals surface area contributed by atoms with E-state index in [1.54, 1.807) is 18.2 Å². The average Bonchev–Trinajstić information content (AvgIpc) is 2.32. The molecule has 6 heteroatoms. The summed E-state index contributed by atoms with van der Waals surface area (Å²) in [6.45, 7) is 3.34. The lowest BCUT2D eigenvalue weighted by Gasteiger charge is -2.15. The van der Waals surface area contributed by atoms with E-state index in [0.29, 0.717) is 22.8 Å². The highest BCUT2D eigenvalue weighted by Gasteiger charge is 2.14. The summed E-state index contributed by atoms with van der Waals surface area (Å²) in [5, 5.41) is 5.77. The lowest BCUT2D eigenvalue weighted by molar-refractivity contribution is -0.117. The predicted octanol–water partition coefficient (Wildman–Crippen LogP) is 2.36. The van der Waals surface area contributed by atoms with Crippen LogP contribution in [-0.2, 0) is 9.59 Å². The highest BCUT2D eigenvalue weighted by Crippen LogP contribution is 2.26. The molecule has 1 rings (SSSR count). The summed E-state index contributed by atoms with van der Waals surface area (Å²) in [5.41, 5.74) is 6.67. The summed E-state index contributed by atoms with van der Waals surface area (Å²) in [6, 6.07) is 4.27. The zero-order valence-corrected chi connectivity index (χ0v) is 11.8. The maximum atomic E-state index is 11.8. The molecule has 1 aromatic carbocycles. The first kappa shape index (κ1) is 15.5. The van der Waals surface area contributed by atoms with Crippen LogP contribution in [0.4, 0.5) is 11.4 Å². The van der Waals surface area contributed by atoms with E-state index in [-0.39, 0.29) is 11.8 Å². The molecule has 4 N–H and O–H groups in total. The second-order valence-electron chi connectivity index (χ2n) is 4.26. The number of carbonyl (C=O) groups is 2. The zero-order chi connectivity index (χ0) is 14.4. The largest absolute Gasteiger partial charge is 0.324 e. The number of rotatable bonds is 5. The van der Waals surface area contributed by atoms with Crippen molar-refractivity contribution in [1.82, 2.24) is 0 Å². The first-order valence-electron chi connectivity index (χ1n) is 6.07. The average molecular weight is 284 g/mol. The second kappa shape index (κ2) is 7.11. The summed E-state index contributed by atoms with van der Waals surface area (Å²) in [4.78, 5) is 23.0. The van der Waals surface area contributed by atoms with Gasteiger partial charge in [0, 0.05) is 11.9 Å². The molecule has 0 saturated carbocycles. The maximum Gasteiger partial charge on any atom is 0.241 e. The quantitative estimate of drug-likeness (QED) is 0.775. The van der Waals surface area contributed by atoms with Gasteiger partial charge in [-0.15, -0.1) is 0 Å². The molecule has 5 nitrogen and oxygen atoms in total. The summed E-state index contributed by atoms with van der Waals surface area (Å²) >= 11 is 5.86. The summed E-state index contributed by atoms with van der Waals surface area (Å²) in [6.07, 6.45) is 1.43. The molecule has 0 spiro atoms. The van der Waals surface area contributed by atoms with Crippen molar-refractivity contribution in [3.63, 3.8) is 0 Å². The fourth-order valence-corrected chi connectivity index (χ4v) is 1.76. The van der Waals surface area contributed by atoms with Crippen LogP contribution in [0.3, 0.4) is 0 Å². The van der Waals surface area contributed by atoms with Crippen molar-refractivity contribution in [2.24, 2.45) is 5.73 Å². The number of amides is 2. The maximum absolute atomic E-state index is 11.8. The smallest absolute Gasteiger partial charge is 0.241 e. The summed E-state index contributed by atoms with van der Waals surface area (Å²) in [7, 11) is 0. The number of hydrogen-bond donors (Lipinski definition) is 3. The van der Waals surface area contributed by atoms with E-state index in [9.17, 15) is 9.59 Å². The van der Waals surface area contributed by atoms with Crippen LogP contribution in [0.5, 0.6) is 0 Å². The molecule has 1 aromatic rings. The summed E-state index contributed by atoms with van der Waals surface area (Å²) in [5.74, 6) is -0.522. The standard InChI is InChI=1S/C13H18ClN3O2/c1-3-4-10(15)13(19)17-11-6-5-9(14)7-12(11)16-8(2)18/h5-7,10H,3-4,15H2,1-2H3,(H,16,18)(H,17,19). The van der Waals surface area contributed by atoms with Gasteiger partial charge in [0.15, 0.2) is 0 Å². The number of nitrogens with two attached hydrogens (primary N) is 1. The van der Waals surface area contributed by atoms with Gasteiger partial charge in [0.25, 0.3) is 0 Å². The molecule has 0 radical (unpaired) electrons.